The molecule has 2 aromatic rings. The Morgan fingerprint density at radius 2 is 1.71 bits per heavy atom. The third-order valence-corrected chi connectivity index (χ3v) is 5.05. The van der Waals surface area contributed by atoms with E-state index < -0.39 is 17.6 Å². The summed E-state index contributed by atoms with van der Waals surface area (Å²) in [6.45, 7) is 7.02. The molecule has 170 valence electrons. The van der Waals surface area contributed by atoms with E-state index in [1.807, 2.05) is 44.2 Å². The molecule has 0 heterocycles. The zero-order valence-corrected chi connectivity index (χ0v) is 19.0. The molecule has 0 bridgehead atoms. The number of amides is 2. The highest BCUT2D eigenvalue weighted by Gasteiger charge is 2.25. The predicted molar refractivity (Wildman–Crippen MR) is 120 cm³/mol. The van der Waals surface area contributed by atoms with E-state index in [2.05, 4.69) is 0 Å². The van der Waals surface area contributed by atoms with Crippen LogP contribution in [-0.2, 0) is 11.3 Å². The topological polar surface area (TPSA) is 94.2 Å². The third kappa shape index (κ3) is 7.02. The van der Waals surface area contributed by atoms with Crippen LogP contribution in [0.5, 0.6) is 11.5 Å². The predicted octanol–water partition coefficient (Wildman–Crippen LogP) is 4.37. The van der Waals surface area contributed by atoms with Crippen LogP contribution in [0.25, 0.3) is 0 Å². The second-order valence-electron chi connectivity index (χ2n) is 6.88. The Balaban J connectivity index is 2.19. The lowest BCUT2D eigenvalue weighted by molar-refractivity contribution is 0.0972. The number of benzene rings is 2. The van der Waals surface area contributed by atoms with Gasteiger partial charge in [-0.1, -0.05) is 41.9 Å². The monoisotopic (exact) mass is 450 g/mol. The highest BCUT2D eigenvalue weighted by atomic mass is 35.5. The fraction of sp³-hybridized carbons (Fsp3) is 0.435. The Labute approximate surface area is 188 Å². The van der Waals surface area contributed by atoms with Crippen LogP contribution in [-0.4, -0.2) is 42.4 Å². The molecule has 7 nitrogen and oxygen atoms in total. The number of primary amides is 1. The highest BCUT2D eigenvalue weighted by Crippen LogP contribution is 2.39. The Hall–Kier alpha value is -2.48. The molecule has 2 amide bonds. The first-order valence-corrected chi connectivity index (χ1v) is 10.8. The number of carbonyl (C=O) groups excluding carboxylic acids is 1. The van der Waals surface area contributed by atoms with Gasteiger partial charge in [0, 0.05) is 6.54 Å². The average molecular weight is 451 g/mol. The summed E-state index contributed by atoms with van der Waals surface area (Å²) < 4.78 is 17.1. The van der Waals surface area contributed by atoms with E-state index in [0.29, 0.717) is 42.4 Å². The molecule has 2 unspecified atom stereocenters. The minimum Gasteiger partial charge on any atom is -0.493 e. The number of ether oxygens (including phenoxy) is 3. The molecule has 0 saturated heterocycles. The fourth-order valence-corrected chi connectivity index (χ4v) is 3.48. The molecule has 3 N–H and O–H groups in total. The molecule has 0 aliphatic heterocycles. The number of halogens is 1. The van der Waals surface area contributed by atoms with E-state index >= 15 is 0 Å². The number of carbonyl (C=O) groups is 1. The van der Waals surface area contributed by atoms with Gasteiger partial charge in [-0.25, -0.2) is 4.79 Å². The lowest BCUT2D eigenvalue weighted by Gasteiger charge is -2.27. The van der Waals surface area contributed by atoms with Crippen molar-refractivity contribution in [1.29, 1.82) is 0 Å². The Morgan fingerprint density at radius 3 is 2.19 bits per heavy atom. The van der Waals surface area contributed by atoms with Gasteiger partial charge >= 0.3 is 6.03 Å². The lowest BCUT2D eigenvalue weighted by Crippen LogP contribution is -2.39. The van der Waals surface area contributed by atoms with E-state index in [9.17, 15) is 9.90 Å². The van der Waals surface area contributed by atoms with Crippen LogP contribution in [0.15, 0.2) is 42.5 Å². The van der Waals surface area contributed by atoms with Gasteiger partial charge in [0.15, 0.2) is 0 Å². The van der Waals surface area contributed by atoms with Crippen molar-refractivity contribution in [3.8, 4) is 11.5 Å². The quantitative estimate of drug-likeness (QED) is 0.284. The first-order chi connectivity index (χ1) is 14.9. The van der Waals surface area contributed by atoms with Crippen molar-refractivity contribution in [2.45, 2.75) is 39.0 Å². The van der Waals surface area contributed by atoms with E-state index in [4.69, 9.17) is 31.5 Å². The van der Waals surface area contributed by atoms with Crippen LogP contribution < -0.4 is 15.2 Å². The first-order valence-electron chi connectivity index (χ1n) is 10.3. The molecule has 0 radical (unpaired) electrons. The van der Waals surface area contributed by atoms with Crippen LogP contribution in [0.1, 0.15) is 49.1 Å². The summed E-state index contributed by atoms with van der Waals surface area (Å²) in [5.41, 5.74) is 6.86. The normalized spacial score (nSPS) is 12.8. The van der Waals surface area contributed by atoms with Crippen molar-refractivity contribution in [3.05, 3.63) is 59.2 Å². The maximum absolute atomic E-state index is 12.1. The summed E-state index contributed by atoms with van der Waals surface area (Å²) in [6.07, 6.45) is -0.801. The second kappa shape index (κ2) is 12.4. The first kappa shape index (κ1) is 24.8. The van der Waals surface area contributed by atoms with Gasteiger partial charge in [0.05, 0.1) is 38.1 Å². The summed E-state index contributed by atoms with van der Waals surface area (Å²) in [6, 6.07) is 12.5. The van der Waals surface area contributed by atoms with Crippen LogP contribution >= 0.6 is 11.6 Å². The zero-order chi connectivity index (χ0) is 22.8. The van der Waals surface area contributed by atoms with Gasteiger partial charge in [-0.2, -0.15) is 0 Å². The van der Waals surface area contributed by atoms with E-state index in [0.717, 1.165) is 5.56 Å². The smallest absolute Gasteiger partial charge is 0.316 e. The SMILES string of the molecule is CCOc1cc(C(Cl)N(CCOCc2ccccc2)C(N)=O)cc(OCC)c1C(C)O. The van der Waals surface area contributed by atoms with Crippen molar-refractivity contribution < 1.29 is 24.1 Å². The molecule has 2 aromatic carbocycles. The van der Waals surface area contributed by atoms with E-state index in [1.54, 1.807) is 19.1 Å². The molecular weight excluding hydrogens is 420 g/mol. The van der Waals surface area contributed by atoms with Crippen LogP contribution in [0.2, 0.25) is 0 Å². The van der Waals surface area contributed by atoms with Crippen molar-refractivity contribution in [2.75, 3.05) is 26.4 Å². The maximum atomic E-state index is 12.1. The molecule has 8 heteroatoms. The molecule has 0 fully saturated rings. The largest absolute Gasteiger partial charge is 0.493 e. The Kier molecular flexibility index (Phi) is 9.91. The lowest BCUT2D eigenvalue weighted by atomic mass is 10.0. The summed E-state index contributed by atoms with van der Waals surface area (Å²) >= 11 is 6.64. The summed E-state index contributed by atoms with van der Waals surface area (Å²) in [5.74, 6) is 0.905. The number of aliphatic hydroxyl groups is 1. The minimum absolute atomic E-state index is 0.211. The number of aliphatic hydroxyl groups excluding tert-OH is 1. The standard InChI is InChI=1S/C23H31ClN2O5/c1-4-30-19-13-18(14-20(31-5-2)21(19)16(3)27)22(24)26(23(25)28)11-12-29-15-17-9-7-6-8-10-17/h6-10,13-14,16,22,27H,4-5,11-12,15H2,1-3H3,(H2,25,28). The number of nitrogens with two attached hydrogens (primary N) is 1. The molecular formula is C23H31ClN2O5. The van der Waals surface area contributed by atoms with Crippen molar-refractivity contribution in [2.24, 2.45) is 5.73 Å². The van der Waals surface area contributed by atoms with E-state index in [-0.39, 0.29) is 13.2 Å². The van der Waals surface area contributed by atoms with Crippen molar-refractivity contribution in [1.82, 2.24) is 4.90 Å². The molecule has 2 rings (SSSR count). The number of nitrogens with zero attached hydrogens (tertiary/aromatic N) is 1. The maximum Gasteiger partial charge on any atom is 0.316 e. The Bertz CT molecular complexity index is 805. The van der Waals surface area contributed by atoms with Crippen LogP contribution in [0, 0.1) is 0 Å². The van der Waals surface area contributed by atoms with Gasteiger partial charge in [0.1, 0.15) is 17.0 Å². The number of alkyl halides is 1. The highest BCUT2D eigenvalue weighted by molar-refractivity contribution is 6.21. The van der Waals surface area contributed by atoms with Gasteiger partial charge in [0.25, 0.3) is 0 Å². The van der Waals surface area contributed by atoms with Gasteiger partial charge in [0.2, 0.25) is 0 Å². The average Bonchev–Trinajstić information content (AvgIpc) is 2.73. The third-order valence-electron chi connectivity index (χ3n) is 4.56. The van der Waals surface area contributed by atoms with Crippen LogP contribution in [0.3, 0.4) is 0 Å². The number of hydrogen-bond acceptors (Lipinski definition) is 5. The number of urea groups is 1. The molecule has 0 saturated carbocycles. The molecule has 0 aliphatic carbocycles. The molecule has 0 aliphatic rings. The number of hydrogen-bond donors (Lipinski definition) is 2. The van der Waals surface area contributed by atoms with Crippen molar-refractivity contribution >= 4 is 17.6 Å². The number of rotatable bonds is 12. The molecule has 0 aromatic heterocycles. The zero-order valence-electron chi connectivity index (χ0n) is 18.2. The van der Waals surface area contributed by atoms with Crippen LogP contribution in [0.4, 0.5) is 4.79 Å². The summed E-state index contributed by atoms with van der Waals surface area (Å²) in [5, 5.41) is 10.2. The molecule has 0 spiro atoms. The summed E-state index contributed by atoms with van der Waals surface area (Å²) in [7, 11) is 0. The summed E-state index contributed by atoms with van der Waals surface area (Å²) in [4.78, 5) is 13.4. The van der Waals surface area contributed by atoms with E-state index in [1.165, 1.54) is 4.90 Å². The van der Waals surface area contributed by atoms with Gasteiger partial charge in [-0.15, -0.1) is 0 Å². The fourth-order valence-electron chi connectivity index (χ4n) is 3.16. The Morgan fingerprint density at radius 1 is 1.13 bits per heavy atom. The molecule has 2 atom stereocenters. The van der Waals surface area contributed by atoms with Gasteiger partial charge in [-0.05, 0) is 44.0 Å². The minimum atomic E-state index is -0.862. The van der Waals surface area contributed by atoms with Gasteiger partial charge < -0.3 is 30.0 Å². The van der Waals surface area contributed by atoms with Gasteiger partial charge in [-0.3, -0.25) is 0 Å². The molecule has 31 heavy (non-hydrogen) atoms. The second-order valence-corrected chi connectivity index (χ2v) is 7.29. The van der Waals surface area contributed by atoms with Crippen molar-refractivity contribution in [3.63, 3.8) is 0 Å².